The Morgan fingerprint density at radius 3 is 2.63 bits per heavy atom. The third kappa shape index (κ3) is 4.14. The molecule has 5 nitrogen and oxygen atoms in total. The molecule has 0 heterocycles. The zero-order valence-electron chi connectivity index (χ0n) is 10.8. The fraction of sp³-hybridized carbons (Fsp3) is 0.417. The van der Waals surface area contributed by atoms with Gasteiger partial charge >= 0.3 is 5.97 Å². The van der Waals surface area contributed by atoms with Crippen molar-refractivity contribution < 1.29 is 23.1 Å². The number of carbonyl (C=O) groups is 1. The second-order valence-electron chi connectivity index (χ2n) is 3.69. The number of hydrogen-bond donors (Lipinski definition) is 1. The monoisotopic (exact) mass is 304 g/mol. The molecule has 19 heavy (non-hydrogen) atoms. The first-order valence-corrected chi connectivity index (χ1v) is 8.45. The summed E-state index contributed by atoms with van der Waals surface area (Å²) in [5, 5.41) is 8.91. The van der Waals surface area contributed by atoms with Crippen LogP contribution in [0.15, 0.2) is 23.1 Å². The van der Waals surface area contributed by atoms with E-state index >= 15 is 0 Å². The summed E-state index contributed by atoms with van der Waals surface area (Å²) >= 11 is 1.52. The van der Waals surface area contributed by atoms with Crippen LogP contribution in [0.25, 0.3) is 0 Å². The van der Waals surface area contributed by atoms with E-state index in [1.54, 1.807) is 0 Å². The molecule has 0 spiro atoms. The maximum absolute atomic E-state index is 12.2. The van der Waals surface area contributed by atoms with Crippen LogP contribution in [0.5, 0.6) is 5.75 Å². The Hall–Kier alpha value is -1.21. The largest absolute Gasteiger partial charge is 0.495 e. The Kier molecular flexibility index (Phi) is 5.68. The molecular weight excluding hydrogens is 288 g/mol. The summed E-state index contributed by atoms with van der Waals surface area (Å²) in [6, 6.07) is 3.83. The third-order valence-corrected chi connectivity index (χ3v) is 5.34. The molecule has 0 radical (unpaired) electrons. The summed E-state index contributed by atoms with van der Waals surface area (Å²) in [5.41, 5.74) is -0.0671. The molecule has 0 amide bonds. The minimum absolute atomic E-state index is 0.0368. The van der Waals surface area contributed by atoms with Crippen molar-refractivity contribution in [1.82, 2.24) is 0 Å². The van der Waals surface area contributed by atoms with Crippen LogP contribution < -0.4 is 4.74 Å². The molecule has 0 saturated carbocycles. The van der Waals surface area contributed by atoms with Gasteiger partial charge in [0.25, 0.3) is 0 Å². The number of rotatable bonds is 7. The van der Waals surface area contributed by atoms with Crippen molar-refractivity contribution in [2.45, 2.75) is 11.8 Å². The second kappa shape index (κ2) is 6.81. The quantitative estimate of drug-likeness (QED) is 0.775. The molecule has 0 aromatic heterocycles. The van der Waals surface area contributed by atoms with Crippen LogP contribution in [0.4, 0.5) is 0 Å². The minimum atomic E-state index is -3.54. The van der Waals surface area contributed by atoms with E-state index in [0.717, 1.165) is 11.8 Å². The molecule has 7 heteroatoms. The second-order valence-corrected chi connectivity index (χ2v) is 7.16. The maximum atomic E-state index is 12.2. The number of thioether (sulfide) groups is 1. The molecule has 106 valence electrons. The van der Waals surface area contributed by atoms with Crippen molar-refractivity contribution in [1.29, 1.82) is 0 Å². The van der Waals surface area contributed by atoms with Crippen LogP contribution in [0.1, 0.15) is 17.3 Å². The van der Waals surface area contributed by atoms with Crippen LogP contribution in [0.3, 0.4) is 0 Å². The topological polar surface area (TPSA) is 80.7 Å². The van der Waals surface area contributed by atoms with E-state index in [4.69, 9.17) is 9.84 Å². The number of ether oxygens (including phenoxy) is 1. The summed E-state index contributed by atoms with van der Waals surface area (Å²) in [7, 11) is -2.18. The highest BCUT2D eigenvalue weighted by molar-refractivity contribution is 8.00. The summed E-state index contributed by atoms with van der Waals surface area (Å²) < 4.78 is 29.3. The van der Waals surface area contributed by atoms with Gasteiger partial charge in [0.1, 0.15) is 10.6 Å². The molecule has 0 aliphatic heterocycles. The Bertz CT molecular complexity index is 551. The first kappa shape index (κ1) is 15.8. The minimum Gasteiger partial charge on any atom is -0.495 e. The van der Waals surface area contributed by atoms with E-state index in [1.807, 2.05) is 6.92 Å². The van der Waals surface area contributed by atoms with Gasteiger partial charge < -0.3 is 9.84 Å². The number of sulfone groups is 1. The number of methoxy groups -OCH3 is 1. The lowest BCUT2D eigenvalue weighted by Crippen LogP contribution is -2.12. The predicted molar refractivity (Wildman–Crippen MR) is 75.0 cm³/mol. The van der Waals surface area contributed by atoms with Crippen LogP contribution in [-0.2, 0) is 9.84 Å². The van der Waals surface area contributed by atoms with Gasteiger partial charge in [-0.05, 0) is 24.0 Å². The molecule has 0 bridgehead atoms. The molecule has 0 unspecified atom stereocenters. The van der Waals surface area contributed by atoms with Gasteiger partial charge in [-0.1, -0.05) is 6.92 Å². The Labute approximate surface area is 116 Å². The fourth-order valence-corrected chi connectivity index (χ4v) is 4.10. The van der Waals surface area contributed by atoms with E-state index in [-0.39, 0.29) is 22.0 Å². The van der Waals surface area contributed by atoms with Gasteiger partial charge in [0.2, 0.25) is 0 Å². The van der Waals surface area contributed by atoms with Crippen LogP contribution in [-0.4, -0.2) is 43.9 Å². The van der Waals surface area contributed by atoms with Crippen molar-refractivity contribution in [3.05, 3.63) is 23.8 Å². The van der Waals surface area contributed by atoms with E-state index in [9.17, 15) is 13.2 Å². The lowest BCUT2D eigenvalue weighted by molar-refractivity contribution is 0.0696. The van der Waals surface area contributed by atoms with E-state index in [2.05, 4.69) is 0 Å². The zero-order chi connectivity index (χ0) is 14.5. The molecular formula is C12H16O5S2. The lowest BCUT2D eigenvalue weighted by atomic mass is 10.2. The average Bonchev–Trinajstić information content (AvgIpc) is 2.38. The van der Waals surface area contributed by atoms with Gasteiger partial charge in [0.15, 0.2) is 9.84 Å². The van der Waals surface area contributed by atoms with Gasteiger partial charge in [-0.25, -0.2) is 13.2 Å². The van der Waals surface area contributed by atoms with E-state index in [0.29, 0.717) is 5.75 Å². The first-order chi connectivity index (χ1) is 8.92. The molecule has 0 aliphatic carbocycles. The number of hydrogen-bond acceptors (Lipinski definition) is 5. The lowest BCUT2D eigenvalue weighted by Gasteiger charge is -2.10. The number of carboxylic acid groups (broad SMARTS) is 1. The summed E-state index contributed by atoms with van der Waals surface area (Å²) in [6.45, 7) is 1.95. The van der Waals surface area contributed by atoms with Crippen LogP contribution in [0, 0.1) is 0 Å². The Balaban J connectivity index is 3.15. The van der Waals surface area contributed by atoms with Crippen molar-refractivity contribution >= 4 is 27.6 Å². The Morgan fingerprint density at radius 1 is 1.42 bits per heavy atom. The number of carboxylic acids is 1. The summed E-state index contributed by atoms with van der Waals surface area (Å²) in [5.74, 6) is 0.278. The molecule has 0 aliphatic rings. The number of aromatic carboxylic acids is 1. The van der Waals surface area contributed by atoms with Crippen molar-refractivity contribution in [2.24, 2.45) is 0 Å². The van der Waals surface area contributed by atoms with Crippen LogP contribution in [0.2, 0.25) is 0 Å². The molecule has 1 aromatic rings. The van der Waals surface area contributed by atoms with Gasteiger partial charge in [0, 0.05) is 5.75 Å². The first-order valence-electron chi connectivity index (χ1n) is 5.64. The fourth-order valence-electron chi connectivity index (χ4n) is 1.48. The van der Waals surface area contributed by atoms with Gasteiger partial charge in [-0.15, -0.1) is 0 Å². The Morgan fingerprint density at radius 2 is 2.11 bits per heavy atom. The molecule has 1 N–H and O–H groups in total. The molecule has 1 aromatic carbocycles. The SMILES string of the molecule is CCSCCS(=O)(=O)c1cc(C(=O)O)ccc1OC. The van der Waals surface area contributed by atoms with Crippen molar-refractivity contribution in [3.63, 3.8) is 0 Å². The zero-order valence-corrected chi connectivity index (χ0v) is 12.4. The third-order valence-electron chi connectivity index (χ3n) is 2.45. The van der Waals surface area contributed by atoms with Gasteiger partial charge in [0.05, 0.1) is 18.4 Å². The molecule has 0 saturated heterocycles. The number of benzene rings is 1. The predicted octanol–water partition coefficient (Wildman–Crippen LogP) is 1.92. The van der Waals surface area contributed by atoms with Crippen LogP contribution >= 0.6 is 11.8 Å². The smallest absolute Gasteiger partial charge is 0.335 e. The summed E-state index contributed by atoms with van der Waals surface area (Å²) in [6.07, 6.45) is 0. The maximum Gasteiger partial charge on any atom is 0.335 e. The highest BCUT2D eigenvalue weighted by Crippen LogP contribution is 2.26. The highest BCUT2D eigenvalue weighted by Gasteiger charge is 2.21. The molecule has 0 fully saturated rings. The van der Waals surface area contributed by atoms with Crippen molar-refractivity contribution in [2.75, 3.05) is 24.4 Å². The van der Waals surface area contributed by atoms with Crippen molar-refractivity contribution in [3.8, 4) is 5.75 Å². The normalized spacial score (nSPS) is 11.3. The molecule has 0 atom stereocenters. The van der Waals surface area contributed by atoms with Gasteiger partial charge in [-0.3, -0.25) is 0 Å². The van der Waals surface area contributed by atoms with E-state index < -0.39 is 15.8 Å². The standard InChI is InChI=1S/C12H16O5S2/c1-3-18-6-7-19(15,16)11-8-9(12(13)14)4-5-10(11)17-2/h4-5,8H,3,6-7H2,1-2H3,(H,13,14). The summed E-state index contributed by atoms with van der Waals surface area (Å²) in [4.78, 5) is 10.8. The molecule has 1 rings (SSSR count). The highest BCUT2D eigenvalue weighted by atomic mass is 32.2. The van der Waals surface area contributed by atoms with Gasteiger partial charge in [-0.2, -0.15) is 11.8 Å². The average molecular weight is 304 g/mol. The van der Waals surface area contributed by atoms with E-state index in [1.165, 1.54) is 31.0 Å².